The number of hydrogen-bond acceptors (Lipinski definition) is 5. The van der Waals surface area contributed by atoms with Gasteiger partial charge >= 0.3 is 0 Å². The molecule has 5 rings (SSSR count). The second-order valence-electron chi connectivity index (χ2n) is 11.4. The average molecular weight is 585 g/mol. The fourth-order valence-corrected chi connectivity index (χ4v) is 7.68. The molecule has 40 heavy (non-hydrogen) atoms. The van der Waals surface area contributed by atoms with Crippen LogP contribution >= 0.6 is 11.6 Å². The molecular formula is C32H41ClN2O4S. The van der Waals surface area contributed by atoms with E-state index >= 15 is 0 Å². The first-order valence-corrected chi connectivity index (χ1v) is 16.3. The van der Waals surface area contributed by atoms with E-state index in [0.29, 0.717) is 30.9 Å². The quantitative estimate of drug-likeness (QED) is 0.419. The number of ether oxygens (including phenoxy) is 1. The van der Waals surface area contributed by atoms with Gasteiger partial charge < -0.3 is 14.7 Å². The summed E-state index contributed by atoms with van der Waals surface area (Å²) in [5.74, 6) is 1.07. The van der Waals surface area contributed by atoms with Crippen LogP contribution in [0.1, 0.15) is 79.8 Å². The van der Waals surface area contributed by atoms with Crippen LogP contribution in [-0.2, 0) is 17.4 Å². The number of rotatable bonds is 4. The Morgan fingerprint density at radius 1 is 1.12 bits per heavy atom. The number of carbonyl (C=O) groups excluding carboxylic acids is 1. The van der Waals surface area contributed by atoms with Crippen LogP contribution in [0.25, 0.3) is 0 Å². The van der Waals surface area contributed by atoms with Gasteiger partial charge in [0.1, 0.15) is 16.7 Å². The monoisotopic (exact) mass is 584 g/mol. The summed E-state index contributed by atoms with van der Waals surface area (Å²) in [5, 5.41) is 11.6. The molecule has 3 aliphatic rings. The van der Waals surface area contributed by atoms with Gasteiger partial charge in [0.2, 0.25) is 0 Å². The third kappa shape index (κ3) is 6.42. The van der Waals surface area contributed by atoms with Gasteiger partial charge in [-0.3, -0.25) is 9.52 Å². The summed E-state index contributed by atoms with van der Waals surface area (Å²) < 4.78 is 22.2. The third-order valence-corrected chi connectivity index (χ3v) is 10.6. The van der Waals surface area contributed by atoms with E-state index in [1.807, 2.05) is 37.3 Å². The van der Waals surface area contributed by atoms with Crippen LogP contribution in [0.5, 0.6) is 5.75 Å². The standard InChI is InChI=1S/C32H41ClN2O4S/c1-3-7-21-16-25(33)12-14-27(21)24-19-35-18-23-10-13-28(23)30(36)9-6-5-8-26(4-2)40(38)34-32(37)22-11-15-31(39-20-24)29(35)17-22/h6,9,11-12,14-17,23-24,26,28,30,36H,3-5,7-8,10,13,18-20H2,1-2H3,(H,34,37)/b9-6+. The molecule has 6 nitrogen and oxygen atoms in total. The van der Waals surface area contributed by atoms with E-state index in [-0.39, 0.29) is 23.0 Å². The summed E-state index contributed by atoms with van der Waals surface area (Å²) in [6, 6.07) is 11.7. The summed E-state index contributed by atoms with van der Waals surface area (Å²) in [6.07, 6.45) is 9.59. The van der Waals surface area contributed by atoms with Gasteiger partial charge in [-0.25, -0.2) is 4.21 Å². The van der Waals surface area contributed by atoms with Gasteiger partial charge in [-0.05, 0) is 91.8 Å². The number of aliphatic hydroxyl groups is 1. The lowest BCUT2D eigenvalue weighted by Crippen LogP contribution is -2.44. The van der Waals surface area contributed by atoms with Crippen molar-refractivity contribution < 1.29 is 18.8 Å². The maximum atomic E-state index is 13.2. The van der Waals surface area contributed by atoms with Crippen molar-refractivity contribution in [2.75, 3.05) is 24.6 Å². The lowest BCUT2D eigenvalue weighted by Gasteiger charge is -2.42. The van der Waals surface area contributed by atoms with Crippen molar-refractivity contribution in [1.82, 2.24) is 4.72 Å². The number of anilines is 1. The molecule has 216 valence electrons. The van der Waals surface area contributed by atoms with Crippen LogP contribution in [0.3, 0.4) is 0 Å². The van der Waals surface area contributed by atoms with Crippen molar-refractivity contribution in [3.63, 3.8) is 0 Å². The highest BCUT2D eigenvalue weighted by Crippen LogP contribution is 2.42. The fraction of sp³-hybridized carbons (Fsp3) is 0.531. The SMILES string of the molecule is CCCc1cc(Cl)ccc1C1COc2ccc3cc2N(C1)CC1CCC1C(O)/C=C/CCC(CC)S(=O)NC3=O. The van der Waals surface area contributed by atoms with Crippen LogP contribution in [0.4, 0.5) is 5.69 Å². The highest BCUT2D eigenvalue weighted by atomic mass is 35.5. The Balaban J connectivity index is 1.52. The molecule has 1 aliphatic carbocycles. The molecule has 0 aromatic heterocycles. The second-order valence-corrected chi connectivity index (χ2v) is 13.3. The fourth-order valence-electron chi connectivity index (χ4n) is 6.37. The number of amides is 1. The van der Waals surface area contributed by atoms with Gasteiger partial charge in [0.25, 0.3) is 5.91 Å². The van der Waals surface area contributed by atoms with E-state index in [1.54, 1.807) is 6.07 Å². The maximum absolute atomic E-state index is 13.2. The molecule has 2 aliphatic heterocycles. The van der Waals surface area contributed by atoms with Crippen LogP contribution in [0.2, 0.25) is 5.02 Å². The minimum atomic E-state index is -1.49. The molecule has 1 fully saturated rings. The summed E-state index contributed by atoms with van der Waals surface area (Å²) >= 11 is 6.38. The van der Waals surface area contributed by atoms with Gasteiger partial charge in [-0.15, -0.1) is 0 Å². The summed E-state index contributed by atoms with van der Waals surface area (Å²) in [7, 11) is -1.49. The van der Waals surface area contributed by atoms with E-state index in [0.717, 1.165) is 61.7 Å². The van der Waals surface area contributed by atoms with Gasteiger partial charge in [0.05, 0.1) is 23.6 Å². The summed E-state index contributed by atoms with van der Waals surface area (Å²) in [4.78, 5) is 15.6. The highest BCUT2D eigenvalue weighted by Gasteiger charge is 2.38. The molecule has 8 heteroatoms. The average Bonchev–Trinajstić information content (AvgIpc) is 3.10. The van der Waals surface area contributed by atoms with Crippen molar-refractivity contribution >= 4 is 34.2 Å². The van der Waals surface area contributed by atoms with Gasteiger partial charge in [-0.1, -0.05) is 50.1 Å². The number of carbonyl (C=O) groups is 1. The second kappa shape index (κ2) is 13.1. The van der Waals surface area contributed by atoms with E-state index < -0.39 is 17.1 Å². The smallest absolute Gasteiger partial charge is 0.263 e. The van der Waals surface area contributed by atoms with Crippen molar-refractivity contribution in [2.24, 2.45) is 11.8 Å². The molecule has 2 aromatic rings. The molecule has 0 radical (unpaired) electrons. The Labute approximate surface area is 245 Å². The van der Waals surface area contributed by atoms with Gasteiger partial charge in [-0.2, -0.15) is 0 Å². The van der Waals surface area contributed by atoms with E-state index in [4.69, 9.17) is 16.3 Å². The van der Waals surface area contributed by atoms with Gasteiger partial charge in [0.15, 0.2) is 0 Å². The molecule has 1 saturated carbocycles. The predicted molar refractivity (Wildman–Crippen MR) is 163 cm³/mol. The maximum Gasteiger partial charge on any atom is 0.263 e. The molecule has 2 bridgehead atoms. The Kier molecular flexibility index (Phi) is 9.54. The first kappa shape index (κ1) is 29.2. The number of nitrogens with zero attached hydrogens (tertiary/aromatic N) is 1. The van der Waals surface area contributed by atoms with E-state index in [9.17, 15) is 14.1 Å². The molecule has 6 atom stereocenters. The zero-order valence-electron chi connectivity index (χ0n) is 23.5. The largest absolute Gasteiger partial charge is 0.491 e. The molecule has 2 aromatic carbocycles. The molecule has 1 amide bonds. The Morgan fingerprint density at radius 3 is 2.73 bits per heavy atom. The number of benzene rings is 2. The lowest BCUT2D eigenvalue weighted by molar-refractivity contribution is 0.0461. The van der Waals surface area contributed by atoms with Crippen molar-refractivity contribution in [2.45, 2.75) is 76.1 Å². The normalized spacial score (nSPS) is 29.8. The third-order valence-electron chi connectivity index (χ3n) is 8.82. The van der Waals surface area contributed by atoms with Crippen molar-refractivity contribution in [3.05, 3.63) is 70.3 Å². The zero-order chi connectivity index (χ0) is 28.2. The summed E-state index contributed by atoms with van der Waals surface area (Å²) in [5.41, 5.74) is 3.85. The minimum absolute atomic E-state index is 0.121. The predicted octanol–water partition coefficient (Wildman–Crippen LogP) is 6.18. The number of fused-ring (bicyclic) bond motifs is 2. The van der Waals surface area contributed by atoms with Crippen LogP contribution in [0.15, 0.2) is 48.6 Å². The van der Waals surface area contributed by atoms with Crippen LogP contribution in [-0.4, -0.2) is 46.3 Å². The Bertz CT molecular complexity index is 1270. The molecule has 2 N–H and O–H groups in total. The molecule has 6 unspecified atom stereocenters. The Hall–Kier alpha value is -2.35. The number of aryl methyl sites for hydroxylation is 1. The summed E-state index contributed by atoms with van der Waals surface area (Å²) in [6.45, 7) is 6.19. The Morgan fingerprint density at radius 2 is 1.98 bits per heavy atom. The van der Waals surface area contributed by atoms with E-state index in [1.165, 1.54) is 11.1 Å². The van der Waals surface area contributed by atoms with E-state index in [2.05, 4.69) is 28.7 Å². The molecular weight excluding hydrogens is 544 g/mol. The lowest BCUT2D eigenvalue weighted by atomic mass is 9.70. The number of allylic oxidation sites excluding steroid dienone is 1. The minimum Gasteiger partial charge on any atom is -0.491 e. The first-order valence-electron chi connectivity index (χ1n) is 14.7. The van der Waals surface area contributed by atoms with Crippen molar-refractivity contribution in [3.8, 4) is 5.75 Å². The number of nitrogens with one attached hydrogen (secondary N) is 1. The number of hydrogen-bond donors (Lipinski definition) is 2. The molecule has 0 spiro atoms. The van der Waals surface area contributed by atoms with Gasteiger partial charge in [0, 0.05) is 29.6 Å². The molecule has 2 heterocycles. The number of aliphatic hydroxyl groups excluding tert-OH is 1. The van der Waals surface area contributed by atoms with Crippen LogP contribution in [0, 0.1) is 11.8 Å². The molecule has 0 saturated heterocycles. The topological polar surface area (TPSA) is 78.9 Å². The van der Waals surface area contributed by atoms with Crippen molar-refractivity contribution in [1.29, 1.82) is 0 Å². The number of halogens is 1. The van der Waals surface area contributed by atoms with Crippen LogP contribution < -0.4 is 14.4 Å². The highest BCUT2D eigenvalue weighted by molar-refractivity contribution is 7.84. The zero-order valence-corrected chi connectivity index (χ0v) is 25.1. The first-order chi connectivity index (χ1) is 19.4.